The first-order chi connectivity index (χ1) is 7.93. The highest BCUT2D eigenvalue weighted by molar-refractivity contribution is 5.80. The molecule has 17 heavy (non-hydrogen) atoms. The Hall–Kier alpha value is -1.10. The second-order valence-electron chi connectivity index (χ2n) is 5.08. The zero-order valence-corrected chi connectivity index (χ0v) is 10.7. The molecule has 4 N–H and O–H groups in total. The summed E-state index contributed by atoms with van der Waals surface area (Å²) in [4.78, 5) is 22.6. The molecule has 0 bridgehead atoms. The van der Waals surface area contributed by atoms with E-state index >= 15 is 0 Å². The quantitative estimate of drug-likeness (QED) is 0.612. The second kappa shape index (κ2) is 6.00. The minimum atomic E-state index is -0.393. The van der Waals surface area contributed by atoms with Gasteiger partial charge < -0.3 is 16.4 Å². The van der Waals surface area contributed by atoms with Crippen LogP contribution in [0.5, 0.6) is 0 Å². The molecule has 1 aliphatic carbocycles. The van der Waals surface area contributed by atoms with Crippen LogP contribution in [0, 0.1) is 5.92 Å². The van der Waals surface area contributed by atoms with Gasteiger partial charge in [-0.3, -0.25) is 9.59 Å². The fourth-order valence-corrected chi connectivity index (χ4v) is 2.34. The summed E-state index contributed by atoms with van der Waals surface area (Å²) in [5, 5.41) is 5.47. The predicted octanol–water partition coefficient (Wildman–Crippen LogP) is 0.146. The summed E-state index contributed by atoms with van der Waals surface area (Å²) in [6.07, 6.45) is 3.93. The predicted molar refractivity (Wildman–Crippen MR) is 66.2 cm³/mol. The van der Waals surface area contributed by atoms with E-state index in [1.807, 2.05) is 6.92 Å². The van der Waals surface area contributed by atoms with E-state index in [-0.39, 0.29) is 17.7 Å². The Bertz CT molecular complexity index is 289. The summed E-state index contributed by atoms with van der Waals surface area (Å²) in [6.45, 7) is 4.34. The Morgan fingerprint density at radius 1 is 1.29 bits per heavy atom. The minimum Gasteiger partial charge on any atom is -0.355 e. The third-order valence-electron chi connectivity index (χ3n) is 3.37. The highest BCUT2D eigenvalue weighted by atomic mass is 16.2. The molecule has 0 radical (unpaired) electrons. The number of rotatable bonds is 4. The van der Waals surface area contributed by atoms with Crippen molar-refractivity contribution in [1.82, 2.24) is 10.6 Å². The number of carbonyl (C=O) groups excluding carboxylic acids is 2. The maximum atomic E-state index is 12.0. The molecule has 0 aromatic carbocycles. The maximum Gasteiger partial charge on any atom is 0.225 e. The molecule has 0 spiro atoms. The first-order valence-electron chi connectivity index (χ1n) is 6.24. The van der Waals surface area contributed by atoms with Crippen LogP contribution >= 0.6 is 0 Å². The lowest BCUT2D eigenvalue weighted by Gasteiger charge is -2.37. The SMILES string of the molecule is CC(=O)NCCNC(=O)C1CCCCC1(C)N. The average Bonchev–Trinajstić information content (AvgIpc) is 2.23. The molecule has 2 atom stereocenters. The summed E-state index contributed by atoms with van der Waals surface area (Å²) in [5.41, 5.74) is 5.75. The smallest absolute Gasteiger partial charge is 0.225 e. The van der Waals surface area contributed by atoms with Crippen LogP contribution in [-0.2, 0) is 9.59 Å². The van der Waals surface area contributed by atoms with Gasteiger partial charge in [0.15, 0.2) is 0 Å². The highest BCUT2D eigenvalue weighted by Gasteiger charge is 2.37. The van der Waals surface area contributed by atoms with Crippen molar-refractivity contribution in [2.75, 3.05) is 13.1 Å². The standard InChI is InChI=1S/C12H23N3O2/c1-9(16)14-7-8-15-11(17)10-5-3-4-6-12(10,2)13/h10H,3-8,13H2,1-2H3,(H,14,16)(H,15,17). The fourth-order valence-electron chi connectivity index (χ4n) is 2.34. The van der Waals surface area contributed by atoms with Gasteiger partial charge in [-0.1, -0.05) is 12.8 Å². The topological polar surface area (TPSA) is 84.2 Å². The van der Waals surface area contributed by atoms with Crippen LogP contribution in [0.3, 0.4) is 0 Å². The van der Waals surface area contributed by atoms with Gasteiger partial charge in [0, 0.05) is 25.6 Å². The van der Waals surface area contributed by atoms with Gasteiger partial charge in [-0.2, -0.15) is 0 Å². The van der Waals surface area contributed by atoms with Crippen LogP contribution in [0.2, 0.25) is 0 Å². The fraction of sp³-hybridized carbons (Fsp3) is 0.833. The molecule has 1 fully saturated rings. The summed E-state index contributed by atoms with van der Waals surface area (Å²) in [7, 11) is 0. The molecule has 0 saturated heterocycles. The van der Waals surface area contributed by atoms with Crippen molar-refractivity contribution >= 4 is 11.8 Å². The van der Waals surface area contributed by atoms with E-state index in [2.05, 4.69) is 10.6 Å². The summed E-state index contributed by atoms with van der Waals surface area (Å²) in [6, 6.07) is 0. The summed E-state index contributed by atoms with van der Waals surface area (Å²) < 4.78 is 0. The zero-order chi connectivity index (χ0) is 12.9. The monoisotopic (exact) mass is 241 g/mol. The summed E-state index contributed by atoms with van der Waals surface area (Å²) >= 11 is 0. The molecule has 0 aromatic rings. The van der Waals surface area contributed by atoms with Gasteiger partial charge in [0.1, 0.15) is 0 Å². The molecule has 1 aliphatic rings. The van der Waals surface area contributed by atoms with E-state index in [1.165, 1.54) is 6.92 Å². The molecule has 1 rings (SSSR count). The molecule has 5 nitrogen and oxygen atoms in total. The number of nitrogens with two attached hydrogens (primary N) is 1. The number of nitrogens with one attached hydrogen (secondary N) is 2. The van der Waals surface area contributed by atoms with Gasteiger partial charge in [0.25, 0.3) is 0 Å². The maximum absolute atomic E-state index is 12.0. The van der Waals surface area contributed by atoms with Crippen LogP contribution in [0.15, 0.2) is 0 Å². The summed E-state index contributed by atoms with van der Waals surface area (Å²) in [5.74, 6) is -0.172. The van der Waals surface area contributed by atoms with Crippen LogP contribution in [0.4, 0.5) is 0 Å². The number of hydrogen-bond acceptors (Lipinski definition) is 3. The third-order valence-corrected chi connectivity index (χ3v) is 3.37. The van der Waals surface area contributed by atoms with Gasteiger partial charge in [-0.15, -0.1) is 0 Å². The Kier molecular flexibility index (Phi) is 4.93. The van der Waals surface area contributed by atoms with Crippen molar-refractivity contribution in [2.45, 2.75) is 45.1 Å². The van der Waals surface area contributed by atoms with Gasteiger partial charge in [-0.05, 0) is 19.8 Å². The van der Waals surface area contributed by atoms with Gasteiger partial charge in [0.05, 0.1) is 5.92 Å². The van der Waals surface area contributed by atoms with Gasteiger partial charge in [-0.25, -0.2) is 0 Å². The van der Waals surface area contributed by atoms with Crippen LogP contribution < -0.4 is 16.4 Å². The number of amides is 2. The van der Waals surface area contributed by atoms with Crippen molar-refractivity contribution in [2.24, 2.45) is 11.7 Å². The molecule has 1 saturated carbocycles. The molecule has 2 unspecified atom stereocenters. The number of hydrogen-bond donors (Lipinski definition) is 3. The van der Waals surface area contributed by atoms with E-state index in [0.717, 1.165) is 25.7 Å². The Morgan fingerprint density at radius 3 is 2.53 bits per heavy atom. The molecular weight excluding hydrogens is 218 g/mol. The van der Waals surface area contributed by atoms with E-state index in [9.17, 15) is 9.59 Å². The van der Waals surface area contributed by atoms with Crippen molar-refractivity contribution < 1.29 is 9.59 Å². The molecule has 2 amide bonds. The van der Waals surface area contributed by atoms with Crippen LogP contribution in [0.25, 0.3) is 0 Å². The second-order valence-corrected chi connectivity index (χ2v) is 5.08. The Balaban J connectivity index is 2.33. The van der Waals surface area contributed by atoms with Crippen molar-refractivity contribution in [3.05, 3.63) is 0 Å². The first kappa shape index (κ1) is 14.0. The minimum absolute atomic E-state index is 0.0139. The molecule has 98 valence electrons. The highest BCUT2D eigenvalue weighted by Crippen LogP contribution is 2.31. The van der Waals surface area contributed by atoms with E-state index in [4.69, 9.17) is 5.73 Å². The molecule has 0 aliphatic heterocycles. The van der Waals surface area contributed by atoms with Gasteiger partial charge >= 0.3 is 0 Å². The lowest BCUT2D eigenvalue weighted by atomic mass is 9.74. The zero-order valence-electron chi connectivity index (χ0n) is 10.7. The average molecular weight is 241 g/mol. The van der Waals surface area contributed by atoms with E-state index in [1.54, 1.807) is 0 Å². The first-order valence-corrected chi connectivity index (χ1v) is 6.24. The lowest BCUT2D eigenvalue weighted by molar-refractivity contribution is -0.128. The number of carbonyl (C=O) groups is 2. The normalized spacial score (nSPS) is 28.5. The van der Waals surface area contributed by atoms with E-state index < -0.39 is 5.54 Å². The molecule has 0 aromatic heterocycles. The van der Waals surface area contributed by atoms with Crippen molar-refractivity contribution in [3.63, 3.8) is 0 Å². The van der Waals surface area contributed by atoms with Crippen LogP contribution in [-0.4, -0.2) is 30.4 Å². The largest absolute Gasteiger partial charge is 0.355 e. The Morgan fingerprint density at radius 2 is 1.94 bits per heavy atom. The molecular formula is C12H23N3O2. The third kappa shape index (κ3) is 4.34. The van der Waals surface area contributed by atoms with Gasteiger partial charge in [0.2, 0.25) is 11.8 Å². The van der Waals surface area contributed by atoms with E-state index in [0.29, 0.717) is 13.1 Å². The van der Waals surface area contributed by atoms with Crippen molar-refractivity contribution in [1.29, 1.82) is 0 Å². The Labute approximate surface area is 103 Å². The molecule has 0 heterocycles. The van der Waals surface area contributed by atoms with Crippen LogP contribution in [0.1, 0.15) is 39.5 Å². The molecule has 5 heteroatoms. The lowest BCUT2D eigenvalue weighted by Crippen LogP contribution is -2.53. The van der Waals surface area contributed by atoms with Crippen molar-refractivity contribution in [3.8, 4) is 0 Å².